The molecule has 0 unspecified atom stereocenters. The number of nitrogens with one attached hydrogen (secondary N) is 1. The monoisotopic (exact) mass is 243 g/mol. The van der Waals surface area contributed by atoms with Crippen LogP contribution in [0.4, 0.5) is 0 Å². The van der Waals surface area contributed by atoms with Crippen LogP contribution < -0.4 is 14.8 Å². The lowest BCUT2D eigenvalue weighted by molar-refractivity contribution is 0.191. The minimum atomic E-state index is 0. The fraction of sp³-hybridized carbons (Fsp3) is 0.500. The Morgan fingerprint density at radius 3 is 2.31 bits per heavy atom. The third-order valence-electron chi connectivity index (χ3n) is 2.49. The first-order valence-corrected chi connectivity index (χ1v) is 5.45. The number of hydrogen-bond acceptors (Lipinski definition) is 3. The lowest BCUT2D eigenvalue weighted by Crippen LogP contribution is -2.45. The summed E-state index contributed by atoms with van der Waals surface area (Å²) in [6.45, 7) is 5.56. The third-order valence-corrected chi connectivity index (χ3v) is 2.49. The summed E-state index contributed by atoms with van der Waals surface area (Å²) in [7, 11) is 0. The van der Waals surface area contributed by atoms with Crippen LogP contribution in [0.1, 0.15) is 6.92 Å². The molecule has 0 spiro atoms. The second-order valence-electron chi connectivity index (χ2n) is 3.72. The van der Waals surface area contributed by atoms with Gasteiger partial charge in [-0.15, -0.1) is 12.4 Å². The van der Waals surface area contributed by atoms with E-state index >= 15 is 0 Å². The third kappa shape index (κ3) is 3.29. The quantitative estimate of drug-likeness (QED) is 0.859. The Bertz CT molecular complexity index is 316. The van der Waals surface area contributed by atoms with Crippen molar-refractivity contribution in [3.05, 3.63) is 24.3 Å². The molecule has 1 fully saturated rings. The minimum absolute atomic E-state index is 0. The van der Waals surface area contributed by atoms with Gasteiger partial charge in [-0.25, -0.2) is 0 Å². The van der Waals surface area contributed by atoms with Crippen molar-refractivity contribution in [1.29, 1.82) is 0 Å². The van der Waals surface area contributed by atoms with Crippen LogP contribution in [0.5, 0.6) is 11.5 Å². The van der Waals surface area contributed by atoms with Crippen molar-refractivity contribution in [2.75, 3.05) is 26.3 Å². The van der Waals surface area contributed by atoms with Gasteiger partial charge in [0.05, 0.1) is 13.2 Å². The number of ether oxygens (including phenoxy) is 2. The average molecular weight is 244 g/mol. The van der Waals surface area contributed by atoms with Gasteiger partial charge in [0.2, 0.25) is 0 Å². The molecule has 0 aliphatic carbocycles. The zero-order valence-electron chi connectivity index (χ0n) is 9.44. The molecule has 0 aromatic heterocycles. The lowest BCUT2D eigenvalue weighted by Gasteiger charge is -2.27. The summed E-state index contributed by atoms with van der Waals surface area (Å²) in [6.07, 6.45) is 0. The summed E-state index contributed by atoms with van der Waals surface area (Å²) in [4.78, 5) is 0. The van der Waals surface area contributed by atoms with Gasteiger partial charge in [0.1, 0.15) is 0 Å². The zero-order chi connectivity index (χ0) is 10.5. The Kier molecular flexibility index (Phi) is 5.43. The molecule has 0 bridgehead atoms. The van der Waals surface area contributed by atoms with E-state index in [1.165, 1.54) is 0 Å². The van der Waals surface area contributed by atoms with Gasteiger partial charge in [-0.3, -0.25) is 0 Å². The van der Waals surface area contributed by atoms with Crippen LogP contribution in [0, 0.1) is 5.92 Å². The molecule has 0 saturated carbocycles. The number of para-hydroxylation sites is 2. The van der Waals surface area contributed by atoms with E-state index in [0.29, 0.717) is 12.5 Å². The molecule has 1 aliphatic rings. The zero-order valence-corrected chi connectivity index (χ0v) is 10.3. The predicted octanol–water partition coefficient (Wildman–Crippen LogP) is 2.11. The summed E-state index contributed by atoms with van der Waals surface area (Å²) in [5.41, 5.74) is 0. The average Bonchev–Trinajstić information content (AvgIpc) is 2.18. The van der Waals surface area contributed by atoms with Crippen LogP contribution in [0.15, 0.2) is 24.3 Å². The van der Waals surface area contributed by atoms with E-state index in [0.717, 1.165) is 31.2 Å². The molecule has 1 saturated heterocycles. The molecule has 1 aromatic rings. The van der Waals surface area contributed by atoms with Crippen LogP contribution in [0.2, 0.25) is 0 Å². The maximum absolute atomic E-state index is 5.73. The fourth-order valence-electron chi connectivity index (χ4n) is 1.52. The van der Waals surface area contributed by atoms with Gasteiger partial charge in [0.25, 0.3) is 0 Å². The molecule has 16 heavy (non-hydrogen) atoms. The Hall–Kier alpha value is -0.930. The molecule has 1 heterocycles. The predicted molar refractivity (Wildman–Crippen MR) is 66.7 cm³/mol. The second-order valence-corrected chi connectivity index (χ2v) is 3.72. The molecular formula is C12H18ClNO2. The molecule has 1 aromatic carbocycles. The van der Waals surface area contributed by atoms with E-state index in [2.05, 4.69) is 5.32 Å². The molecule has 0 amide bonds. The number of benzene rings is 1. The molecule has 1 aliphatic heterocycles. The van der Waals surface area contributed by atoms with Gasteiger partial charge in [0.15, 0.2) is 11.5 Å². The number of rotatable bonds is 5. The van der Waals surface area contributed by atoms with Crippen molar-refractivity contribution < 1.29 is 9.47 Å². The van der Waals surface area contributed by atoms with Gasteiger partial charge in [-0.05, 0) is 19.1 Å². The highest BCUT2D eigenvalue weighted by molar-refractivity contribution is 5.85. The van der Waals surface area contributed by atoms with Gasteiger partial charge in [-0.1, -0.05) is 12.1 Å². The molecule has 90 valence electrons. The van der Waals surface area contributed by atoms with E-state index in [1.54, 1.807) is 0 Å². The fourth-order valence-corrected chi connectivity index (χ4v) is 1.52. The molecule has 1 N–H and O–H groups in total. The highest BCUT2D eigenvalue weighted by Gasteiger charge is 2.17. The van der Waals surface area contributed by atoms with Crippen molar-refractivity contribution in [3.63, 3.8) is 0 Å². The van der Waals surface area contributed by atoms with Gasteiger partial charge in [0, 0.05) is 19.0 Å². The SMILES string of the molecule is CCOc1ccccc1OCC1CNC1.Cl. The second kappa shape index (κ2) is 6.61. The van der Waals surface area contributed by atoms with Crippen molar-refractivity contribution in [1.82, 2.24) is 5.32 Å². The molecular weight excluding hydrogens is 226 g/mol. The first-order valence-electron chi connectivity index (χ1n) is 5.45. The summed E-state index contributed by atoms with van der Waals surface area (Å²) in [6, 6.07) is 7.83. The van der Waals surface area contributed by atoms with E-state index in [9.17, 15) is 0 Å². The summed E-state index contributed by atoms with van der Waals surface area (Å²) in [5, 5.41) is 3.23. The van der Waals surface area contributed by atoms with Crippen molar-refractivity contribution in [3.8, 4) is 11.5 Å². The molecule has 0 atom stereocenters. The van der Waals surface area contributed by atoms with Gasteiger partial charge < -0.3 is 14.8 Å². The van der Waals surface area contributed by atoms with E-state index in [-0.39, 0.29) is 12.4 Å². The molecule has 3 nitrogen and oxygen atoms in total. The Balaban J connectivity index is 0.00000128. The maximum atomic E-state index is 5.73. The Morgan fingerprint density at radius 2 is 1.81 bits per heavy atom. The van der Waals surface area contributed by atoms with Crippen LogP contribution in [-0.4, -0.2) is 26.3 Å². The Morgan fingerprint density at radius 1 is 1.19 bits per heavy atom. The minimum Gasteiger partial charge on any atom is -0.490 e. The van der Waals surface area contributed by atoms with E-state index < -0.39 is 0 Å². The molecule has 4 heteroatoms. The summed E-state index contributed by atoms with van der Waals surface area (Å²) < 4.78 is 11.2. The normalized spacial score (nSPS) is 14.8. The molecule has 0 radical (unpaired) electrons. The highest BCUT2D eigenvalue weighted by atomic mass is 35.5. The van der Waals surface area contributed by atoms with Crippen molar-refractivity contribution >= 4 is 12.4 Å². The lowest BCUT2D eigenvalue weighted by atomic mass is 10.1. The van der Waals surface area contributed by atoms with Crippen LogP contribution in [0.3, 0.4) is 0 Å². The van der Waals surface area contributed by atoms with E-state index in [1.807, 2.05) is 31.2 Å². The standard InChI is InChI=1S/C12H17NO2.ClH/c1-2-14-11-5-3-4-6-12(11)15-9-10-7-13-8-10;/h3-6,10,13H,2,7-9H2,1H3;1H. The number of hydrogen-bond donors (Lipinski definition) is 1. The molecule has 2 rings (SSSR count). The smallest absolute Gasteiger partial charge is 0.161 e. The summed E-state index contributed by atoms with van der Waals surface area (Å²) >= 11 is 0. The topological polar surface area (TPSA) is 30.5 Å². The first kappa shape index (κ1) is 13.1. The maximum Gasteiger partial charge on any atom is 0.161 e. The van der Waals surface area contributed by atoms with Gasteiger partial charge in [-0.2, -0.15) is 0 Å². The van der Waals surface area contributed by atoms with Crippen molar-refractivity contribution in [2.24, 2.45) is 5.92 Å². The van der Waals surface area contributed by atoms with E-state index in [4.69, 9.17) is 9.47 Å². The van der Waals surface area contributed by atoms with Crippen molar-refractivity contribution in [2.45, 2.75) is 6.92 Å². The largest absolute Gasteiger partial charge is 0.490 e. The number of halogens is 1. The van der Waals surface area contributed by atoms with Crippen LogP contribution in [0.25, 0.3) is 0 Å². The summed E-state index contributed by atoms with van der Waals surface area (Å²) in [5.74, 6) is 2.35. The Labute approximate surface area is 103 Å². The van der Waals surface area contributed by atoms with Crippen LogP contribution in [-0.2, 0) is 0 Å². The first-order chi connectivity index (χ1) is 7.40. The highest BCUT2D eigenvalue weighted by Crippen LogP contribution is 2.26. The van der Waals surface area contributed by atoms with Crippen LogP contribution >= 0.6 is 12.4 Å². The van der Waals surface area contributed by atoms with Gasteiger partial charge >= 0.3 is 0 Å².